The van der Waals surface area contributed by atoms with Crippen LogP contribution in [-0.2, 0) is 11.3 Å². The molecule has 1 N–H and O–H groups in total. The number of amides is 1. The summed E-state index contributed by atoms with van der Waals surface area (Å²) in [4.78, 5) is 20.1. The zero-order valence-corrected chi connectivity index (χ0v) is 22.9. The number of carbonyl (C=O) groups is 1. The van der Waals surface area contributed by atoms with Crippen molar-refractivity contribution in [2.45, 2.75) is 39.2 Å². The Bertz CT molecular complexity index is 1420. The number of carbonyl (C=O) groups excluding carboxylic acids is 1. The van der Waals surface area contributed by atoms with E-state index in [4.69, 9.17) is 21.1 Å². The monoisotopic (exact) mass is 544 g/mol. The first kappa shape index (κ1) is 26.8. The summed E-state index contributed by atoms with van der Waals surface area (Å²) in [7, 11) is 0. The summed E-state index contributed by atoms with van der Waals surface area (Å²) in [5, 5.41) is 3.54. The van der Waals surface area contributed by atoms with Gasteiger partial charge in [-0.1, -0.05) is 42.6 Å². The number of ether oxygens (including phenoxy) is 2. The van der Waals surface area contributed by atoms with Crippen molar-refractivity contribution in [3.05, 3.63) is 95.4 Å². The Morgan fingerprint density at radius 1 is 0.949 bits per heavy atom. The van der Waals surface area contributed by atoms with Gasteiger partial charge in [-0.15, -0.1) is 0 Å². The molecule has 0 aliphatic carbocycles. The first-order chi connectivity index (χ1) is 19.1. The van der Waals surface area contributed by atoms with Crippen LogP contribution in [0.15, 0.2) is 79.1 Å². The molecular formula is C31H33ClN4O3. The number of rotatable bonds is 3. The van der Waals surface area contributed by atoms with Gasteiger partial charge in [0.15, 0.2) is 17.2 Å². The molecule has 0 spiro atoms. The molecule has 39 heavy (non-hydrogen) atoms. The van der Waals surface area contributed by atoms with Crippen LogP contribution in [0.3, 0.4) is 0 Å². The Hall–Kier alpha value is -3.81. The lowest BCUT2D eigenvalue weighted by atomic mass is 10.2. The van der Waals surface area contributed by atoms with E-state index in [9.17, 15) is 4.79 Å². The van der Waals surface area contributed by atoms with Crippen LogP contribution in [0.4, 0.5) is 5.69 Å². The summed E-state index contributed by atoms with van der Waals surface area (Å²) in [5.74, 6) is 2.54. The summed E-state index contributed by atoms with van der Waals surface area (Å²) < 4.78 is 14.4. The number of hydrogen-bond acceptors (Lipinski definition) is 5. The number of halogens is 1. The van der Waals surface area contributed by atoms with Crippen LogP contribution in [0.1, 0.15) is 36.9 Å². The van der Waals surface area contributed by atoms with Crippen LogP contribution in [0.5, 0.6) is 17.2 Å². The molecule has 7 nitrogen and oxygen atoms in total. The Kier molecular flexibility index (Phi) is 8.81. The van der Waals surface area contributed by atoms with E-state index in [-0.39, 0.29) is 12.5 Å². The fourth-order valence-electron chi connectivity index (χ4n) is 4.75. The minimum atomic E-state index is -0.133. The van der Waals surface area contributed by atoms with Gasteiger partial charge in [0.1, 0.15) is 5.82 Å². The first-order valence-corrected chi connectivity index (χ1v) is 13.7. The van der Waals surface area contributed by atoms with E-state index in [1.165, 1.54) is 0 Å². The highest BCUT2D eigenvalue weighted by Crippen LogP contribution is 2.36. The number of aromatic nitrogens is 2. The van der Waals surface area contributed by atoms with Gasteiger partial charge in [0, 0.05) is 29.7 Å². The number of aryl methyl sites for hydroxylation is 1. The van der Waals surface area contributed by atoms with E-state index >= 15 is 0 Å². The molecule has 0 radical (unpaired) electrons. The largest absolute Gasteiger partial charge is 0.490 e. The Labute approximate surface area is 234 Å². The fraction of sp³-hybridized carbons (Fsp3) is 0.290. The smallest absolute Gasteiger partial charge is 0.238 e. The maximum atomic E-state index is 13.3. The number of para-hydroxylation sites is 2. The third-order valence-electron chi connectivity index (χ3n) is 6.71. The maximum Gasteiger partial charge on any atom is 0.238 e. The van der Waals surface area contributed by atoms with Gasteiger partial charge in [-0.05, 0) is 80.4 Å². The van der Waals surface area contributed by atoms with Gasteiger partial charge in [0.25, 0.3) is 0 Å². The minimum absolute atomic E-state index is 0.133. The molecule has 4 aromatic rings. The quantitative estimate of drug-likeness (QED) is 0.300. The normalized spacial score (nSPS) is 15.4. The van der Waals surface area contributed by atoms with Crippen molar-refractivity contribution in [3.63, 3.8) is 0 Å². The number of anilines is 1. The highest BCUT2D eigenvalue weighted by Gasteiger charge is 2.18. The predicted octanol–water partition coefficient (Wildman–Crippen LogP) is 7.02. The van der Waals surface area contributed by atoms with Gasteiger partial charge < -0.3 is 19.4 Å². The molecule has 1 aliphatic heterocycles. The summed E-state index contributed by atoms with van der Waals surface area (Å²) >= 11 is 6.30. The molecule has 0 unspecified atom stereocenters. The van der Waals surface area contributed by atoms with Crippen molar-refractivity contribution in [3.8, 4) is 23.1 Å². The second-order valence-corrected chi connectivity index (χ2v) is 10.2. The first-order valence-electron chi connectivity index (χ1n) is 13.4. The number of pyridine rings is 1. The van der Waals surface area contributed by atoms with Crippen LogP contribution in [0.25, 0.3) is 5.82 Å². The average molecular weight is 545 g/mol. The Balaban J connectivity index is 1.39. The minimum Gasteiger partial charge on any atom is -0.490 e. The summed E-state index contributed by atoms with van der Waals surface area (Å²) in [6.45, 7) is 4.32. The van der Waals surface area contributed by atoms with Crippen molar-refractivity contribution in [2.75, 3.05) is 25.0 Å². The van der Waals surface area contributed by atoms with Crippen molar-refractivity contribution in [1.29, 1.82) is 0 Å². The van der Waals surface area contributed by atoms with Gasteiger partial charge in [0.05, 0.1) is 18.8 Å². The van der Waals surface area contributed by atoms with E-state index in [1.807, 2.05) is 42.6 Å². The van der Waals surface area contributed by atoms with E-state index in [0.717, 1.165) is 49.3 Å². The van der Waals surface area contributed by atoms with E-state index in [1.54, 1.807) is 24.4 Å². The van der Waals surface area contributed by atoms with E-state index in [0.29, 0.717) is 41.1 Å². The van der Waals surface area contributed by atoms with Crippen molar-refractivity contribution >= 4 is 23.2 Å². The molecule has 2 aromatic heterocycles. The van der Waals surface area contributed by atoms with Crippen molar-refractivity contribution in [1.82, 2.24) is 14.5 Å². The zero-order chi connectivity index (χ0) is 27.0. The third kappa shape index (κ3) is 6.99. The van der Waals surface area contributed by atoms with Gasteiger partial charge in [0.2, 0.25) is 5.91 Å². The molecule has 0 bridgehead atoms. The second-order valence-electron chi connectivity index (χ2n) is 9.72. The molecule has 3 heterocycles. The van der Waals surface area contributed by atoms with E-state index in [2.05, 4.69) is 38.8 Å². The Morgan fingerprint density at radius 2 is 1.79 bits per heavy atom. The summed E-state index contributed by atoms with van der Waals surface area (Å²) in [6.07, 6.45) is 7.86. The molecule has 0 saturated heterocycles. The van der Waals surface area contributed by atoms with Crippen molar-refractivity contribution < 1.29 is 14.3 Å². The summed E-state index contributed by atoms with van der Waals surface area (Å²) in [5.41, 5.74) is 2.69. The lowest BCUT2D eigenvalue weighted by molar-refractivity contribution is -0.117. The predicted molar refractivity (Wildman–Crippen MR) is 154 cm³/mol. The molecule has 202 valence electrons. The van der Waals surface area contributed by atoms with Crippen LogP contribution < -0.4 is 14.8 Å². The summed E-state index contributed by atoms with van der Waals surface area (Å²) in [6, 6.07) is 20.9. The lowest BCUT2D eigenvalue weighted by Gasteiger charge is -2.23. The number of benzene rings is 2. The second kappa shape index (κ2) is 12.8. The molecule has 8 heteroatoms. The average Bonchev–Trinajstić information content (AvgIpc) is 3.37. The molecule has 0 atom stereocenters. The molecule has 5 rings (SSSR count). The van der Waals surface area contributed by atoms with Crippen LogP contribution in [0, 0.1) is 6.92 Å². The van der Waals surface area contributed by atoms with Crippen LogP contribution in [-0.4, -0.2) is 40.1 Å². The molecular weight excluding hydrogens is 512 g/mol. The van der Waals surface area contributed by atoms with Gasteiger partial charge in [-0.3, -0.25) is 9.69 Å². The van der Waals surface area contributed by atoms with Gasteiger partial charge in [-0.2, -0.15) is 0 Å². The lowest BCUT2D eigenvalue weighted by Crippen LogP contribution is -2.34. The molecule has 0 fully saturated rings. The number of fused-ring (bicyclic) bond motifs is 2. The number of nitrogens with one attached hydrogen (secondary N) is 1. The highest BCUT2D eigenvalue weighted by atomic mass is 35.5. The van der Waals surface area contributed by atoms with Crippen LogP contribution in [0.2, 0.25) is 5.02 Å². The number of nitrogens with zero attached hydrogens (tertiary/aromatic N) is 3. The number of hydrogen-bond donors (Lipinski definition) is 1. The van der Waals surface area contributed by atoms with Gasteiger partial charge in [-0.25, -0.2) is 4.98 Å². The molecule has 1 amide bonds. The molecule has 1 aliphatic rings. The molecule has 0 saturated carbocycles. The highest BCUT2D eigenvalue weighted by molar-refractivity contribution is 6.31. The van der Waals surface area contributed by atoms with Gasteiger partial charge >= 0.3 is 0 Å². The van der Waals surface area contributed by atoms with Crippen molar-refractivity contribution in [2.24, 2.45) is 0 Å². The van der Waals surface area contributed by atoms with E-state index < -0.39 is 0 Å². The topological polar surface area (TPSA) is 68.6 Å². The van der Waals surface area contributed by atoms with Crippen LogP contribution >= 0.6 is 11.6 Å². The SMILES string of the molecule is Cc1cccnc1-n1cccc1CN1CCCCCCOc2ccccc2Oc2ccc(Cl)cc2NC(=O)C1. The maximum absolute atomic E-state index is 13.3. The third-order valence-corrected chi connectivity index (χ3v) is 6.94. The Morgan fingerprint density at radius 3 is 2.67 bits per heavy atom. The fourth-order valence-corrected chi connectivity index (χ4v) is 4.92. The molecule has 2 aromatic carbocycles. The zero-order valence-electron chi connectivity index (χ0n) is 22.1. The standard InChI is InChI=1S/C31H33ClN4O3/c1-23-10-8-16-33-31(23)36-18-9-11-25(36)21-35-17-6-2-3-7-19-38-28-12-4-5-13-29(28)39-27-15-14-24(32)20-26(27)34-30(37)22-35/h4-5,8-16,18,20H,2-3,6-7,17,19,21-22H2,1H3,(H,34,37).